The quantitative estimate of drug-likeness (QED) is 0.648. The number of nitrogens with zero attached hydrogens (tertiary/aromatic N) is 2. The molecule has 0 atom stereocenters. The number of rotatable bonds is 3. The third kappa shape index (κ3) is 2.66. The second kappa shape index (κ2) is 5.49. The molecule has 3 aromatic rings. The predicted molar refractivity (Wildman–Crippen MR) is 84.9 cm³/mol. The highest BCUT2D eigenvalue weighted by Crippen LogP contribution is 2.24. The number of hydrogen-bond donors (Lipinski definition) is 0. The van der Waals surface area contributed by atoms with Crippen LogP contribution in [0.1, 0.15) is 17.0 Å². The Bertz CT molecular complexity index is 788. The van der Waals surface area contributed by atoms with E-state index in [0.717, 1.165) is 17.0 Å². The summed E-state index contributed by atoms with van der Waals surface area (Å²) in [6.07, 6.45) is 0.644. The lowest BCUT2D eigenvalue weighted by Crippen LogP contribution is -2.03. The van der Waals surface area contributed by atoms with Crippen LogP contribution in [0, 0.1) is 19.7 Å². The lowest BCUT2D eigenvalue weighted by molar-refractivity contribution is 0.629. The molecule has 0 unspecified atom stereocenters. The molecule has 0 spiro atoms. The van der Waals surface area contributed by atoms with Gasteiger partial charge in [-0.2, -0.15) is 0 Å². The number of benzene rings is 2. The van der Waals surface area contributed by atoms with Gasteiger partial charge in [-0.05, 0) is 49.2 Å². The van der Waals surface area contributed by atoms with E-state index in [-0.39, 0.29) is 5.82 Å². The average Bonchev–Trinajstić information content (AvgIpc) is 2.75. The Balaban J connectivity index is 2.30. The Morgan fingerprint density at radius 2 is 1.81 bits per heavy atom. The van der Waals surface area contributed by atoms with Crippen molar-refractivity contribution in [3.8, 4) is 5.69 Å². The molecular formula is C17H16ClFN2. The molecule has 3 rings (SSSR count). The van der Waals surface area contributed by atoms with Gasteiger partial charge in [0.15, 0.2) is 0 Å². The van der Waals surface area contributed by atoms with Crippen LogP contribution < -0.4 is 0 Å². The van der Waals surface area contributed by atoms with E-state index >= 15 is 0 Å². The van der Waals surface area contributed by atoms with Crippen LogP contribution in [0.5, 0.6) is 0 Å². The summed E-state index contributed by atoms with van der Waals surface area (Å²) in [4.78, 5) is 4.54. The summed E-state index contributed by atoms with van der Waals surface area (Å²) in [5.74, 6) is 1.07. The number of halogens is 2. The second-order valence-electron chi connectivity index (χ2n) is 5.28. The second-order valence-corrected chi connectivity index (χ2v) is 5.66. The van der Waals surface area contributed by atoms with E-state index in [1.165, 1.54) is 23.3 Å². The van der Waals surface area contributed by atoms with Crippen molar-refractivity contribution in [1.29, 1.82) is 0 Å². The fraction of sp³-hybridized carbons (Fsp3) is 0.235. The molecular weight excluding hydrogens is 287 g/mol. The van der Waals surface area contributed by atoms with Crippen LogP contribution in [0.3, 0.4) is 0 Å². The van der Waals surface area contributed by atoms with Crippen molar-refractivity contribution >= 4 is 22.6 Å². The van der Waals surface area contributed by atoms with Gasteiger partial charge in [-0.15, -0.1) is 11.6 Å². The Morgan fingerprint density at radius 1 is 1.10 bits per heavy atom. The molecule has 1 aromatic heterocycles. The monoisotopic (exact) mass is 302 g/mol. The molecule has 0 fully saturated rings. The summed E-state index contributed by atoms with van der Waals surface area (Å²) in [6.45, 7) is 4.13. The summed E-state index contributed by atoms with van der Waals surface area (Å²) >= 11 is 5.89. The summed E-state index contributed by atoms with van der Waals surface area (Å²) in [5.41, 5.74) is 4.98. The molecule has 2 aromatic carbocycles. The zero-order chi connectivity index (χ0) is 15.0. The van der Waals surface area contributed by atoms with Crippen LogP contribution >= 0.6 is 11.6 Å². The lowest BCUT2D eigenvalue weighted by atomic mass is 10.1. The standard InChI is InChI=1S/C17H16ClFN2/c1-11-7-12(2)9-14(8-11)21-16-4-3-13(19)10-15(16)20-17(21)5-6-18/h3-4,7-10H,5-6H2,1-2H3. The third-order valence-electron chi connectivity index (χ3n) is 3.47. The maximum Gasteiger partial charge on any atom is 0.125 e. The summed E-state index contributed by atoms with van der Waals surface area (Å²) in [6, 6.07) is 11.0. The van der Waals surface area contributed by atoms with E-state index < -0.39 is 0 Å². The fourth-order valence-electron chi connectivity index (χ4n) is 2.72. The lowest BCUT2D eigenvalue weighted by Gasteiger charge is -2.11. The van der Waals surface area contributed by atoms with Crippen LogP contribution in [-0.2, 0) is 6.42 Å². The van der Waals surface area contributed by atoms with Crippen LogP contribution in [-0.4, -0.2) is 15.4 Å². The minimum Gasteiger partial charge on any atom is -0.296 e. The Labute approximate surface area is 128 Å². The first-order valence-electron chi connectivity index (χ1n) is 6.90. The van der Waals surface area contributed by atoms with Gasteiger partial charge in [0.05, 0.1) is 11.0 Å². The number of aryl methyl sites for hydroxylation is 3. The predicted octanol–water partition coefficient (Wildman–Crippen LogP) is 4.56. The van der Waals surface area contributed by atoms with Crippen molar-refractivity contribution in [2.75, 3.05) is 5.88 Å². The summed E-state index contributed by atoms with van der Waals surface area (Å²) in [5, 5.41) is 0. The molecule has 1 heterocycles. The zero-order valence-corrected chi connectivity index (χ0v) is 12.8. The minimum atomic E-state index is -0.273. The highest BCUT2D eigenvalue weighted by molar-refractivity contribution is 6.17. The number of hydrogen-bond acceptors (Lipinski definition) is 1. The van der Waals surface area contributed by atoms with Gasteiger partial charge in [0.2, 0.25) is 0 Å². The van der Waals surface area contributed by atoms with E-state index in [4.69, 9.17) is 11.6 Å². The van der Waals surface area contributed by atoms with E-state index in [9.17, 15) is 4.39 Å². The van der Waals surface area contributed by atoms with Crippen LogP contribution in [0.25, 0.3) is 16.7 Å². The Hall–Kier alpha value is -1.87. The molecule has 0 aliphatic rings. The molecule has 2 nitrogen and oxygen atoms in total. The molecule has 108 valence electrons. The maximum absolute atomic E-state index is 13.4. The van der Waals surface area contributed by atoms with Gasteiger partial charge in [-0.1, -0.05) is 6.07 Å². The van der Waals surface area contributed by atoms with Crippen molar-refractivity contribution in [2.24, 2.45) is 0 Å². The normalized spacial score (nSPS) is 11.2. The molecule has 0 saturated heterocycles. The van der Waals surface area contributed by atoms with Gasteiger partial charge in [0.25, 0.3) is 0 Å². The minimum absolute atomic E-state index is 0.273. The van der Waals surface area contributed by atoms with Crippen molar-refractivity contribution in [3.05, 3.63) is 59.2 Å². The van der Waals surface area contributed by atoms with Gasteiger partial charge in [0.1, 0.15) is 11.6 Å². The Morgan fingerprint density at radius 3 is 2.48 bits per heavy atom. The van der Waals surface area contributed by atoms with Crippen LogP contribution in [0.4, 0.5) is 4.39 Å². The van der Waals surface area contributed by atoms with Crippen molar-refractivity contribution in [3.63, 3.8) is 0 Å². The molecule has 0 aliphatic carbocycles. The topological polar surface area (TPSA) is 17.8 Å². The molecule has 0 saturated carbocycles. The molecule has 0 N–H and O–H groups in total. The first-order chi connectivity index (χ1) is 10.1. The number of imidazole rings is 1. The first-order valence-corrected chi connectivity index (χ1v) is 7.43. The fourth-order valence-corrected chi connectivity index (χ4v) is 2.89. The van der Waals surface area contributed by atoms with Crippen LogP contribution in [0.15, 0.2) is 36.4 Å². The molecule has 0 radical (unpaired) electrons. The highest BCUT2D eigenvalue weighted by atomic mass is 35.5. The van der Waals surface area contributed by atoms with Gasteiger partial charge < -0.3 is 0 Å². The van der Waals surface area contributed by atoms with Crippen LogP contribution in [0.2, 0.25) is 0 Å². The SMILES string of the molecule is Cc1cc(C)cc(-n2c(CCCl)nc3cc(F)ccc32)c1. The Kier molecular flexibility index (Phi) is 3.68. The smallest absolute Gasteiger partial charge is 0.125 e. The molecule has 0 aliphatic heterocycles. The highest BCUT2D eigenvalue weighted by Gasteiger charge is 2.13. The van der Waals surface area contributed by atoms with E-state index in [1.54, 1.807) is 6.07 Å². The first kappa shape index (κ1) is 14.1. The average molecular weight is 303 g/mol. The van der Waals surface area contributed by atoms with E-state index in [0.29, 0.717) is 17.8 Å². The van der Waals surface area contributed by atoms with Crippen molar-refractivity contribution < 1.29 is 4.39 Å². The third-order valence-corrected chi connectivity index (χ3v) is 3.66. The molecule has 0 bridgehead atoms. The largest absolute Gasteiger partial charge is 0.296 e. The number of alkyl halides is 1. The zero-order valence-electron chi connectivity index (χ0n) is 12.0. The number of aromatic nitrogens is 2. The summed E-state index contributed by atoms with van der Waals surface area (Å²) < 4.78 is 15.5. The van der Waals surface area contributed by atoms with Crippen molar-refractivity contribution in [1.82, 2.24) is 9.55 Å². The summed E-state index contributed by atoms with van der Waals surface area (Å²) in [7, 11) is 0. The molecule has 21 heavy (non-hydrogen) atoms. The maximum atomic E-state index is 13.4. The van der Waals surface area contributed by atoms with Gasteiger partial charge in [0, 0.05) is 24.1 Å². The van der Waals surface area contributed by atoms with Gasteiger partial charge in [-0.3, -0.25) is 4.57 Å². The molecule has 4 heteroatoms. The van der Waals surface area contributed by atoms with E-state index in [2.05, 4.69) is 41.6 Å². The van der Waals surface area contributed by atoms with Crippen molar-refractivity contribution in [2.45, 2.75) is 20.3 Å². The van der Waals surface area contributed by atoms with Gasteiger partial charge in [-0.25, -0.2) is 9.37 Å². The van der Waals surface area contributed by atoms with Gasteiger partial charge >= 0.3 is 0 Å². The molecule has 0 amide bonds. The van der Waals surface area contributed by atoms with E-state index in [1.807, 2.05) is 0 Å². The number of fused-ring (bicyclic) bond motifs is 1.